The quantitative estimate of drug-likeness (QED) is 0.711. The summed E-state index contributed by atoms with van der Waals surface area (Å²) >= 11 is 6.01. The number of rotatable bonds is 6. The molecule has 17 heavy (non-hydrogen) atoms. The van der Waals surface area contributed by atoms with Gasteiger partial charge in [0.25, 0.3) is 0 Å². The van der Waals surface area contributed by atoms with Gasteiger partial charge >= 0.3 is 0 Å². The van der Waals surface area contributed by atoms with Crippen LogP contribution in [0, 0.1) is 16.7 Å². The normalized spacial score (nSPS) is 11.2. The van der Waals surface area contributed by atoms with Gasteiger partial charge in [0.1, 0.15) is 0 Å². The molecule has 2 nitrogen and oxygen atoms in total. The molecule has 0 radical (unpaired) electrons. The number of halogens is 1. The lowest BCUT2D eigenvalue weighted by atomic mass is 9.90. The standard InChI is InChI=1S/C14H18ClNO/c1-14(2,11-16)8-5-9-17-10-12-6-3-4-7-13(12)15/h3-4,6-7H,5,8-10H2,1-2H3. The average Bonchev–Trinajstić information content (AvgIpc) is 2.31. The molecule has 0 atom stereocenters. The van der Waals surface area contributed by atoms with Gasteiger partial charge in [-0.2, -0.15) is 5.26 Å². The van der Waals surface area contributed by atoms with Crippen molar-refractivity contribution >= 4 is 11.6 Å². The summed E-state index contributed by atoms with van der Waals surface area (Å²) in [5, 5.41) is 9.60. The maximum atomic E-state index is 8.86. The molecule has 0 saturated heterocycles. The van der Waals surface area contributed by atoms with Crippen LogP contribution in [0.2, 0.25) is 5.02 Å². The maximum absolute atomic E-state index is 8.86. The van der Waals surface area contributed by atoms with Gasteiger partial charge in [-0.15, -0.1) is 0 Å². The van der Waals surface area contributed by atoms with Crippen LogP contribution in [0.5, 0.6) is 0 Å². The average molecular weight is 252 g/mol. The second-order valence-corrected chi connectivity index (χ2v) is 5.15. The third kappa shape index (κ3) is 5.21. The summed E-state index contributed by atoms with van der Waals surface area (Å²) in [7, 11) is 0. The molecule has 0 N–H and O–H groups in total. The van der Waals surface area contributed by atoms with E-state index in [0.717, 1.165) is 23.4 Å². The highest BCUT2D eigenvalue weighted by Crippen LogP contribution is 2.21. The van der Waals surface area contributed by atoms with E-state index in [1.54, 1.807) is 0 Å². The van der Waals surface area contributed by atoms with E-state index in [4.69, 9.17) is 21.6 Å². The Hall–Kier alpha value is -1.04. The number of nitriles is 1. The van der Waals surface area contributed by atoms with Gasteiger partial charge in [-0.3, -0.25) is 0 Å². The Bertz CT molecular complexity index is 395. The van der Waals surface area contributed by atoms with Crippen LogP contribution in [-0.2, 0) is 11.3 Å². The molecule has 0 aliphatic carbocycles. The summed E-state index contributed by atoms with van der Waals surface area (Å²) in [4.78, 5) is 0. The van der Waals surface area contributed by atoms with Crippen molar-refractivity contribution in [3.05, 3.63) is 34.9 Å². The van der Waals surface area contributed by atoms with Gasteiger partial charge in [0.15, 0.2) is 0 Å². The first kappa shape index (κ1) is 14.0. The van der Waals surface area contributed by atoms with Crippen LogP contribution in [0.1, 0.15) is 32.3 Å². The second kappa shape index (κ2) is 6.64. The minimum Gasteiger partial charge on any atom is -0.377 e. The van der Waals surface area contributed by atoms with Crippen LogP contribution in [0.15, 0.2) is 24.3 Å². The predicted molar refractivity (Wildman–Crippen MR) is 69.7 cm³/mol. The van der Waals surface area contributed by atoms with Crippen molar-refractivity contribution in [1.29, 1.82) is 5.26 Å². The van der Waals surface area contributed by atoms with E-state index in [-0.39, 0.29) is 5.41 Å². The Morgan fingerprint density at radius 3 is 2.71 bits per heavy atom. The minimum absolute atomic E-state index is 0.256. The van der Waals surface area contributed by atoms with Crippen molar-refractivity contribution in [2.45, 2.75) is 33.3 Å². The van der Waals surface area contributed by atoms with Gasteiger partial charge in [-0.25, -0.2) is 0 Å². The first-order valence-electron chi connectivity index (χ1n) is 5.77. The largest absolute Gasteiger partial charge is 0.377 e. The van der Waals surface area contributed by atoms with Crippen molar-refractivity contribution in [3.63, 3.8) is 0 Å². The third-order valence-electron chi connectivity index (χ3n) is 2.61. The molecule has 0 aliphatic rings. The summed E-state index contributed by atoms with van der Waals surface area (Å²) in [5.74, 6) is 0. The smallest absolute Gasteiger partial charge is 0.0731 e. The van der Waals surface area contributed by atoms with Crippen molar-refractivity contribution < 1.29 is 4.74 Å². The molecule has 1 aromatic rings. The molecule has 0 aromatic heterocycles. The van der Waals surface area contributed by atoms with E-state index < -0.39 is 0 Å². The highest BCUT2D eigenvalue weighted by atomic mass is 35.5. The lowest BCUT2D eigenvalue weighted by Gasteiger charge is -2.14. The first-order chi connectivity index (χ1) is 8.05. The highest BCUT2D eigenvalue weighted by molar-refractivity contribution is 6.31. The van der Waals surface area contributed by atoms with Crippen LogP contribution in [0.25, 0.3) is 0 Å². The lowest BCUT2D eigenvalue weighted by Crippen LogP contribution is -2.09. The zero-order chi connectivity index (χ0) is 12.7. The second-order valence-electron chi connectivity index (χ2n) is 4.74. The van der Waals surface area contributed by atoms with Gasteiger partial charge in [0.05, 0.1) is 18.1 Å². The van der Waals surface area contributed by atoms with Gasteiger partial charge < -0.3 is 4.74 Å². The van der Waals surface area contributed by atoms with E-state index in [1.165, 1.54) is 0 Å². The van der Waals surface area contributed by atoms with Crippen LogP contribution in [0.3, 0.4) is 0 Å². The number of ether oxygens (including phenoxy) is 1. The molecule has 92 valence electrons. The summed E-state index contributed by atoms with van der Waals surface area (Å²) < 4.78 is 5.55. The van der Waals surface area contributed by atoms with Crippen LogP contribution in [0.4, 0.5) is 0 Å². The molecular weight excluding hydrogens is 234 g/mol. The van der Waals surface area contributed by atoms with Crippen molar-refractivity contribution in [3.8, 4) is 6.07 Å². The third-order valence-corrected chi connectivity index (χ3v) is 2.98. The molecule has 1 rings (SSSR count). The van der Waals surface area contributed by atoms with Crippen LogP contribution in [-0.4, -0.2) is 6.61 Å². The van der Waals surface area contributed by atoms with E-state index in [9.17, 15) is 0 Å². The van der Waals surface area contributed by atoms with Crippen molar-refractivity contribution in [1.82, 2.24) is 0 Å². The number of nitrogens with zero attached hydrogens (tertiary/aromatic N) is 1. The molecule has 0 bridgehead atoms. The number of hydrogen-bond acceptors (Lipinski definition) is 2. The fraction of sp³-hybridized carbons (Fsp3) is 0.500. The molecule has 0 saturated carbocycles. The van der Waals surface area contributed by atoms with Crippen LogP contribution >= 0.6 is 11.6 Å². The zero-order valence-corrected chi connectivity index (χ0v) is 11.1. The fourth-order valence-corrected chi connectivity index (χ4v) is 1.66. The van der Waals surface area contributed by atoms with Crippen LogP contribution < -0.4 is 0 Å². The van der Waals surface area contributed by atoms with Crippen molar-refractivity contribution in [2.24, 2.45) is 5.41 Å². The minimum atomic E-state index is -0.256. The molecular formula is C14H18ClNO. The topological polar surface area (TPSA) is 33.0 Å². The van der Waals surface area contributed by atoms with Gasteiger partial charge in [0.2, 0.25) is 0 Å². The zero-order valence-electron chi connectivity index (χ0n) is 10.4. The Balaban J connectivity index is 2.22. The predicted octanol–water partition coefficient (Wildman–Crippen LogP) is 4.19. The summed E-state index contributed by atoms with van der Waals surface area (Å²) in [6.07, 6.45) is 1.75. The fourth-order valence-electron chi connectivity index (χ4n) is 1.47. The molecule has 0 aliphatic heterocycles. The molecule has 0 unspecified atom stereocenters. The summed E-state index contributed by atoms with van der Waals surface area (Å²) in [6, 6.07) is 9.95. The Kier molecular flexibility index (Phi) is 5.47. The van der Waals surface area contributed by atoms with E-state index >= 15 is 0 Å². The molecule has 0 heterocycles. The first-order valence-corrected chi connectivity index (χ1v) is 6.15. The van der Waals surface area contributed by atoms with Gasteiger partial charge in [-0.1, -0.05) is 29.8 Å². The van der Waals surface area contributed by atoms with Gasteiger partial charge in [-0.05, 0) is 38.3 Å². The Morgan fingerprint density at radius 1 is 1.35 bits per heavy atom. The Labute approximate surface area is 108 Å². The van der Waals surface area contributed by atoms with E-state index in [1.807, 2.05) is 38.1 Å². The molecule has 1 aromatic carbocycles. The molecule has 0 spiro atoms. The molecule has 0 amide bonds. The summed E-state index contributed by atoms with van der Waals surface area (Å²) in [5.41, 5.74) is 0.752. The lowest BCUT2D eigenvalue weighted by molar-refractivity contribution is 0.112. The van der Waals surface area contributed by atoms with Gasteiger partial charge in [0, 0.05) is 11.6 Å². The van der Waals surface area contributed by atoms with Crippen molar-refractivity contribution in [2.75, 3.05) is 6.61 Å². The maximum Gasteiger partial charge on any atom is 0.0731 e. The monoisotopic (exact) mass is 251 g/mol. The highest BCUT2D eigenvalue weighted by Gasteiger charge is 2.15. The molecule has 3 heteroatoms. The molecule has 0 fully saturated rings. The SMILES string of the molecule is CC(C)(C#N)CCCOCc1ccccc1Cl. The van der Waals surface area contributed by atoms with E-state index in [0.29, 0.717) is 13.2 Å². The Morgan fingerprint density at radius 2 is 2.06 bits per heavy atom. The number of benzene rings is 1. The summed E-state index contributed by atoms with van der Waals surface area (Å²) in [6.45, 7) is 5.09. The number of hydrogen-bond donors (Lipinski definition) is 0. The van der Waals surface area contributed by atoms with E-state index in [2.05, 4.69) is 6.07 Å².